The highest BCUT2D eigenvalue weighted by Gasteiger charge is 2.31. The van der Waals surface area contributed by atoms with Crippen molar-refractivity contribution in [2.45, 2.75) is 60.9 Å². The van der Waals surface area contributed by atoms with Gasteiger partial charge >= 0.3 is 0 Å². The molecule has 2 unspecified atom stereocenters. The summed E-state index contributed by atoms with van der Waals surface area (Å²) in [7, 11) is 1.66. The van der Waals surface area contributed by atoms with Gasteiger partial charge in [-0.1, -0.05) is 41.5 Å². The number of methoxy groups -OCH3 is 1. The molecule has 0 amide bonds. The SMILES string of the molecule is COCCOCCOC(OC(C)C(C)(C)C)C(C)(C)C. The van der Waals surface area contributed by atoms with Gasteiger partial charge in [0.25, 0.3) is 0 Å². The molecule has 122 valence electrons. The zero-order valence-electron chi connectivity index (χ0n) is 14.6. The van der Waals surface area contributed by atoms with Crippen molar-refractivity contribution in [2.24, 2.45) is 10.8 Å². The zero-order chi connectivity index (χ0) is 15.8. The van der Waals surface area contributed by atoms with Gasteiger partial charge in [0.2, 0.25) is 0 Å². The van der Waals surface area contributed by atoms with Crippen molar-refractivity contribution in [3.8, 4) is 0 Å². The van der Waals surface area contributed by atoms with Gasteiger partial charge in [0, 0.05) is 12.5 Å². The van der Waals surface area contributed by atoms with Crippen molar-refractivity contribution >= 4 is 0 Å². The fraction of sp³-hybridized carbons (Fsp3) is 1.00. The van der Waals surface area contributed by atoms with Crippen LogP contribution in [0.3, 0.4) is 0 Å². The Bertz CT molecular complexity index is 240. The molecule has 0 radical (unpaired) electrons. The molecular formula is C16H34O4. The molecule has 0 N–H and O–H groups in total. The van der Waals surface area contributed by atoms with E-state index in [1.54, 1.807) is 7.11 Å². The Balaban J connectivity index is 4.18. The normalized spacial score (nSPS) is 16.2. The van der Waals surface area contributed by atoms with Gasteiger partial charge in [-0.15, -0.1) is 0 Å². The lowest BCUT2D eigenvalue weighted by atomic mass is 9.89. The third-order valence-electron chi connectivity index (χ3n) is 3.18. The van der Waals surface area contributed by atoms with Gasteiger partial charge in [-0.3, -0.25) is 0 Å². The molecule has 0 aliphatic heterocycles. The molecule has 0 heterocycles. The van der Waals surface area contributed by atoms with Gasteiger partial charge in [0.05, 0.1) is 32.5 Å². The summed E-state index contributed by atoms with van der Waals surface area (Å²) in [6.45, 7) is 17.3. The van der Waals surface area contributed by atoms with Crippen LogP contribution in [0.5, 0.6) is 0 Å². The summed E-state index contributed by atoms with van der Waals surface area (Å²) < 4.78 is 22.3. The Morgan fingerprint density at radius 1 is 0.800 bits per heavy atom. The third kappa shape index (κ3) is 8.90. The molecule has 0 saturated carbocycles. The molecule has 0 bridgehead atoms. The van der Waals surface area contributed by atoms with E-state index < -0.39 is 0 Å². The average Bonchev–Trinajstić information content (AvgIpc) is 2.29. The van der Waals surface area contributed by atoms with E-state index in [0.717, 1.165) is 0 Å². The number of rotatable bonds is 9. The van der Waals surface area contributed by atoms with E-state index in [1.807, 2.05) is 0 Å². The highest BCUT2D eigenvalue weighted by atomic mass is 16.7. The second kappa shape index (κ2) is 8.98. The fourth-order valence-electron chi connectivity index (χ4n) is 1.34. The molecule has 4 nitrogen and oxygen atoms in total. The summed E-state index contributed by atoms with van der Waals surface area (Å²) >= 11 is 0. The summed E-state index contributed by atoms with van der Waals surface area (Å²) in [6.07, 6.45) is -0.108. The number of ether oxygens (including phenoxy) is 4. The van der Waals surface area contributed by atoms with E-state index in [4.69, 9.17) is 18.9 Å². The summed E-state index contributed by atoms with van der Waals surface area (Å²) in [5.74, 6) is 0. The fourth-order valence-corrected chi connectivity index (χ4v) is 1.34. The molecule has 0 aliphatic rings. The van der Waals surface area contributed by atoms with Crippen LogP contribution in [0.1, 0.15) is 48.5 Å². The van der Waals surface area contributed by atoms with Crippen LogP contribution in [0.2, 0.25) is 0 Å². The standard InChI is InChI=1S/C16H34O4/c1-13(15(2,3)4)20-14(16(5,6)7)19-12-11-18-10-9-17-8/h13-14H,9-12H2,1-8H3. The first kappa shape index (κ1) is 19.8. The Morgan fingerprint density at radius 2 is 1.35 bits per heavy atom. The minimum absolute atomic E-state index is 0.0635. The molecule has 20 heavy (non-hydrogen) atoms. The molecule has 0 saturated heterocycles. The lowest BCUT2D eigenvalue weighted by molar-refractivity contribution is -0.233. The van der Waals surface area contributed by atoms with Gasteiger partial charge in [0.15, 0.2) is 6.29 Å². The second-order valence-corrected chi connectivity index (χ2v) is 7.32. The Morgan fingerprint density at radius 3 is 1.80 bits per heavy atom. The molecule has 2 atom stereocenters. The molecule has 0 fully saturated rings. The minimum atomic E-state index is -0.234. The van der Waals surface area contributed by atoms with Crippen LogP contribution in [0.15, 0.2) is 0 Å². The van der Waals surface area contributed by atoms with E-state index in [0.29, 0.717) is 26.4 Å². The van der Waals surface area contributed by atoms with Crippen LogP contribution in [-0.2, 0) is 18.9 Å². The zero-order valence-corrected chi connectivity index (χ0v) is 14.6. The van der Waals surface area contributed by atoms with Gasteiger partial charge < -0.3 is 18.9 Å². The highest BCUT2D eigenvalue weighted by Crippen LogP contribution is 2.29. The summed E-state index contributed by atoms with van der Waals surface area (Å²) in [6, 6.07) is 0. The monoisotopic (exact) mass is 290 g/mol. The van der Waals surface area contributed by atoms with Crippen LogP contribution in [0.25, 0.3) is 0 Å². The highest BCUT2D eigenvalue weighted by molar-refractivity contribution is 4.74. The lowest BCUT2D eigenvalue weighted by Crippen LogP contribution is -2.39. The largest absolute Gasteiger partial charge is 0.382 e. The van der Waals surface area contributed by atoms with Crippen molar-refractivity contribution in [1.29, 1.82) is 0 Å². The van der Waals surface area contributed by atoms with Crippen LogP contribution >= 0.6 is 0 Å². The van der Waals surface area contributed by atoms with Gasteiger partial charge in [0.1, 0.15) is 0 Å². The van der Waals surface area contributed by atoms with Crippen LogP contribution < -0.4 is 0 Å². The van der Waals surface area contributed by atoms with Gasteiger partial charge in [-0.05, 0) is 12.3 Å². The van der Waals surface area contributed by atoms with E-state index in [1.165, 1.54) is 0 Å². The third-order valence-corrected chi connectivity index (χ3v) is 3.18. The van der Waals surface area contributed by atoms with E-state index in [9.17, 15) is 0 Å². The van der Waals surface area contributed by atoms with Crippen molar-refractivity contribution in [3.05, 3.63) is 0 Å². The first-order chi connectivity index (χ1) is 9.09. The van der Waals surface area contributed by atoms with Crippen LogP contribution in [-0.4, -0.2) is 45.9 Å². The van der Waals surface area contributed by atoms with E-state index in [2.05, 4.69) is 48.5 Å². The first-order valence-corrected chi connectivity index (χ1v) is 7.42. The molecule has 4 heteroatoms. The van der Waals surface area contributed by atoms with E-state index >= 15 is 0 Å². The molecule has 0 aromatic rings. The summed E-state index contributed by atoms with van der Waals surface area (Å²) in [5, 5.41) is 0. The molecule has 0 aliphatic carbocycles. The number of hydrogen-bond acceptors (Lipinski definition) is 4. The van der Waals surface area contributed by atoms with Crippen molar-refractivity contribution in [2.75, 3.05) is 33.5 Å². The van der Waals surface area contributed by atoms with E-state index in [-0.39, 0.29) is 23.2 Å². The minimum Gasteiger partial charge on any atom is -0.382 e. The van der Waals surface area contributed by atoms with Crippen molar-refractivity contribution < 1.29 is 18.9 Å². The lowest BCUT2D eigenvalue weighted by Gasteiger charge is -2.37. The quantitative estimate of drug-likeness (QED) is 0.481. The molecule has 0 aromatic heterocycles. The predicted octanol–water partition coefficient (Wildman–Crippen LogP) is 3.49. The predicted molar refractivity (Wildman–Crippen MR) is 81.9 cm³/mol. The Labute approximate surface area is 125 Å². The summed E-state index contributed by atoms with van der Waals surface area (Å²) in [4.78, 5) is 0. The van der Waals surface area contributed by atoms with Crippen LogP contribution in [0, 0.1) is 10.8 Å². The second-order valence-electron chi connectivity index (χ2n) is 7.32. The number of hydrogen-bond donors (Lipinski definition) is 0. The van der Waals surface area contributed by atoms with Gasteiger partial charge in [-0.25, -0.2) is 0 Å². The maximum Gasteiger partial charge on any atom is 0.162 e. The van der Waals surface area contributed by atoms with Gasteiger partial charge in [-0.2, -0.15) is 0 Å². The summed E-state index contributed by atoms with van der Waals surface area (Å²) in [5.41, 5.74) is 0.0356. The maximum atomic E-state index is 6.10. The molecular weight excluding hydrogens is 256 g/mol. The van der Waals surface area contributed by atoms with Crippen molar-refractivity contribution in [1.82, 2.24) is 0 Å². The average molecular weight is 290 g/mol. The first-order valence-electron chi connectivity index (χ1n) is 7.42. The van der Waals surface area contributed by atoms with Crippen LogP contribution in [0.4, 0.5) is 0 Å². The Kier molecular flexibility index (Phi) is 8.91. The maximum absolute atomic E-state index is 6.10. The molecule has 0 rings (SSSR count). The Hall–Kier alpha value is -0.160. The topological polar surface area (TPSA) is 36.9 Å². The molecule has 0 spiro atoms. The molecule has 0 aromatic carbocycles. The van der Waals surface area contributed by atoms with Crippen molar-refractivity contribution in [3.63, 3.8) is 0 Å². The smallest absolute Gasteiger partial charge is 0.162 e.